The zero-order valence-electron chi connectivity index (χ0n) is 20.2. The zero-order valence-corrected chi connectivity index (χ0v) is 20.2. The highest BCUT2D eigenvalue weighted by Crippen LogP contribution is 2.64. The van der Waals surface area contributed by atoms with Crippen molar-refractivity contribution in [1.29, 1.82) is 0 Å². The van der Waals surface area contributed by atoms with Crippen LogP contribution >= 0.6 is 0 Å². The largest absolute Gasteiger partial charge is 0.411 e. The molecule has 176 valence electrons. The van der Waals surface area contributed by atoms with Crippen LogP contribution in [0.2, 0.25) is 0 Å². The number of oxime groups is 1. The molecule has 0 unspecified atom stereocenters. The second-order valence-electron chi connectivity index (χ2n) is 12.4. The minimum absolute atomic E-state index is 0.0741. The van der Waals surface area contributed by atoms with Crippen molar-refractivity contribution in [2.45, 2.75) is 76.7 Å². The van der Waals surface area contributed by atoms with Gasteiger partial charge in [0, 0.05) is 17.5 Å². The standard InChI is InChI=1S/C27H40N2O3/c1-26(30)15-18-7-10-20-21(13-14-27(2)23(20)11-12-24(27)28-31)25(18)22(16-26)17-5-8-19(9-6-17)29(3,4)32/h5-6,8-9,18,20-23,25,30,32H,7,10-16H2,1-4H3/p+1/t18-,20+,21-,22-,23-,25-,26-,27-/m0/s1. The molecular weight excluding hydrogens is 400 g/mol. The molecule has 5 nitrogen and oxygen atoms in total. The van der Waals surface area contributed by atoms with Crippen LogP contribution in [0.1, 0.15) is 76.7 Å². The number of aliphatic hydroxyl groups is 1. The summed E-state index contributed by atoms with van der Waals surface area (Å²) in [6.45, 7) is 4.38. The quantitative estimate of drug-likeness (QED) is 0.319. The minimum Gasteiger partial charge on any atom is -0.411 e. The van der Waals surface area contributed by atoms with Crippen LogP contribution in [0.4, 0.5) is 5.69 Å². The Morgan fingerprint density at radius 3 is 2.34 bits per heavy atom. The molecule has 0 aromatic heterocycles. The van der Waals surface area contributed by atoms with E-state index >= 15 is 0 Å². The van der Waals surface area contributed by atoms with Gasteiger partial charge in [-0.05, 0) is 99.4 Å². The third-order valence-corrected chi connectivity index (χ3v) is 10.0. The van der Waals surface area contributed by atoms with E-state index in [1.807, 2.05) is 19.1 Å². The summed E-state index contributed by atoms with van der Waals surface area (Å²) in [5, 5.41) is 34.9. The molecule has 1 aromatic carbocycles. The first-order valence-electron chi connectivity index (χ1n) is 12.6. The summed E-state index contributed by atoms with van der Waals surface area (Å²) in [5.41, 5.74) is 2.69. The SMILES string of the molecule is C[C@]1(O)C[C@@H]2CC[C@@H]3[C@H](CC[C@]4(C)C(=NO)CC[C@@H]34)[C@H]2[C@H](c2ccc([N+](C)(C)O)cc2)C1. The van der Waals surface area contributed by atoms with Crippen LogP contribution < -0.4 is 4.65 Å². The first-order chi connectivity index (χ1) is 15.0. The van der Waals surface area contributed by atoms with Crippen molar-refractivity contribution in [3.8, 4) is 0 Å². The number of fused-ring (bicyclic) bond motifs is 5. The number of quaternary nitrogens is 1. The van der Waals surface area contributed by atoms with E-state index in [2.05, 4.69) is 24.2 Å². The molecule has 0 spiro atoms. The number of rotatable bonds is 2. The van der Waals surface area contributed by atoms with Crippen LogP contribution in [0.5, 0.6) is 0 Å². The third-order valence-electron chi connectivity index (χ3n) is 10.0. The van der Waals surface area contributed by atoms with Crippen molar-refractivity contribution in [3.63, 3.8) is 0 Å². The lowest BCUT2D eigenvalue weighted by Gasteiger charge is -2.58. The van der Waals surface area contributed by atoms with E-state index < -0.39 is 5.60 Å². The highest BCUT2D eigenvalue weighted by Gasteiger charge is 2.58. The summed E-state index contributed by atoms with van der Waals surface area (Å²) >= 11 is 0. The highest BCUT2D eigenvalue weighted by molar-refractivity contribution is 5.91. The van der Waals surface area contributed by atoms with Gasteiger partial charge in [0.15, 0.2) is 5.69 Å². The van der Waals surface area contributed by atoms with Gasteiger partial charge in [-0.3, -0.25) is 0 Å². The summed E-state index contributed by atoms with van der Waals surface area (Å²) in [4.78, 5) is 0. The monoisotopic (exact) mass is 441 g/mol. The van der Waals surface area contributed by atoms with Crippen molar-refractivity contribution < 1.29 is 15.5 Å². The van der Waals surface area contributed by atoms with Crippen molar-refractivity contribution in [1.82, 2.24) is 4.65 Å². The molecule has 4 fully saturated rings. The molecule has 0 saturated heterocycles. The molecule has 4 aliphatic carbocycles. The van der Waals surface area contributed by atoms with Crippen molar-refractivity contribution in [2.24, 2.45) is 40.2 Å². The van der Waals surface area contributed by atoms with E-state index in [9.17, 15) is 15.5 Å². The van der Waals surface area contributed by atoms with Gasteiger partial charge in [-0.15, -0.1) is 0 Å². The maximum absolute atomic E-state index is 11.2. The van der Waals surface area contributed by atoms with Gasteiger partial charge in [-0.2, -0.15) is 4.65 Å². The lowest BCUT2D eigenvalue weighted by Crippen LogP contribution is -2.52. The third kappa shape index (κ3) is 3.52. The smallest absolute Gasteiger partial charge is 0.164 e. The molecule has 0 radical (unpaired) electrons. The highest BCUT2D eigenvalue weighted by atomic mass is 16.5. The van der Waals surface area contributed by atoms with Crippen LogP contribution in [0.3, 0.4) is 0 Å². The fraction of sp³-hybridized carbons (Fsp3) is 0.741. The molecule has 8 atom stereocenters. The summed E-state index contributed by atoms with van der Waals surface area (Å²) in [7, 11) is 3.54. The van der Waals surface area contributed by atoms with Crippen LogP contribution in [0.25, 0.3) is 0 Å². The summed E-state index contributed by atoms with van der Waals surface area (Å²) in [5.74, 6) is 3.56. The molecule has 3 N–H and O–H groups in total. The Hall–Kier alpha value is -1.43. The molecule has 5 heteroatoms. The molecular formula is C27H41N2O3+. The first-order valence-corrected chi connectivity index (χ1v) is 12.6. The van der Waals surface area contributed by atoms with E-state index in [1.165, 1.54) is 24.8 Å². The van der Waals surface area contributed by atoms with Crippen molar-refractivity contribution >= 4 is 11.4 Å². The van der Waals surface area contributed by atoms with Crippen LogP contribution in [-0.2, 0) is 0 Å². The number of hydrogen-bond donors (Lipinski definition) is 3. The van der Waals surface area contributed by atoms with Gasteiger partial charge in [-0.25, -0.2) is 5.21 Å². The van der Waals surface area contributed by atoms with Gasteiger partial charge in [0.2, 0.25) is 0 Å². The Bertz CT molecular complexity index is 887. The molecule has 0 amide bonds. The number of nitrogens with zero attached hydrogens (tertiary/aromatic N) is 2. The Morgan fingerprint density at radius 1 is 0.969 bits per heavy atom. The van der Waals surface area contributed by atoms with E-state index in [0.717, 1.165) is 43.5 Å². The molecule has 4 aliphatic rings. The topological polar surface area (TPSA) is 73.1 Å². The maximum atomic E-state index is 11.2. The average molecular weight is 442 g/mol. The summed E-state index contributed by atoms with van der Waals surface area (Å²) in [6.07, 6.45) is 8.63. The van der Waals surface area contributed by atoms with E-state index in [-0.39, 0.29) is 10.1 Å². The summed E-state index contributed by atoms with van der Waals surface area (Å²) in [6, 6.07) is 8.48. The molecule has 0 aliphatic heterocycles. The second kappa shape index (κ2) is 7.54. The fourth-order valence-electron chi connectivity index (χ4n) is 8.66. The van der Waals surface area contributed by atoms with E-state index in [1.54, 1.807) is 14.1 Å². The zero-order chi connectivity index (χ0) is 22.9. The van der Waals surface area contributed by atoms with Gasteiger partial charge in [0.1, 0.15) is 14.1 Å². The second-order valence-corrected chi connectivity index (χ2v) is 12.4. The lowest BCUT2D eigenvalue weighted by atomic mass is 9.47. The van der Waals surface area contributed by atoms with Crippen LogP contribution in [0, 0.1) is 35.0 Å². The average Bonchev–Trinajstić information content (AvgIpc) is 3.08. The van der Waals surface area contributed by atoms with E-state index in [0.29, 0.717) is 35.5 Å². The molecule has 1 aromatic rings. The van der Waals surface area contributed by atoms with Crippen molar-refractivity contribution in [3.05, 3.63) is 29.8 Å². The predicted molar refractivity (Wildman–Crippen MR) is 127 cm³/mol. The van der Waals surface area contributed by atoms with E-state index in [4.69, 9.17) is 0 Å². The fourth-order valence-corrected chi connectivity index (χ4v) is 8.66. The van der Waals surface area contributed by atoms with Gasteiger partial charge in [0.25, 0.3) is 0 Å². The van der Waals surface area contributed by atoms with Crippen LogP contribution in [-0.4, -0.2) is 40.9 Å². The van der Waals surface area contributed by atoms with Gasteiger partial charge >= 0.3 is 0 Å². The Balaban J connectivity index is 1.48. The normalized spacial score (nSPS) is 45.2. The summed E-state index contributed by atoms with van der Waals surface area (Å²) < 4.78 is -0.172. The number of hydrogen-bond acceptors (Lipinski definition) is 4. The predicted octanol–water partition coefficient (Wildman–Crippen LogP) is 5.57. The van der Waals surface area contributed by atoms with Gasteiger partial charge in [-0.1, -0.05) is 24.2 Å². The Labute approximate surface area is 192 Å². The minimum atomic E-state index is -0.614. The molecule has 32 heavy (non-hydrogen) atoms. The molecule has 0 heterocycles. The lowest BCUT2D eigenvalue weighted by molar-refractivity contribution is -0.0987. The van der Waals surface area contributed by atoms with Gasteiger partial charge < -0.3 is 10.3 Å². The van der Waals surface area contributed by atoms with Crippen LogP contribution in [0.15, 0.2) is 29.4 Å². The Kier molecular flexibility index (Phi) is 5.27. The maximum Gasteiger partial charge on any atom is 0.164 e. The molecule has 4 saturated carbocycles. The first kappa shape index (κ1) is 22.4. The molecule has 5 rings (SSSR count). The number of benzene rings is 1. The molecule has 0 bridgehead atoms. The Morgan fingerprint density at radius 2 is 1.69 bits per heavy atom. The van der Waals surface area contributed by atoms with Gasteiger partial charge in [0.05, 0.1) is 11.3 Å². The number of hydroxylamine groups is 2. The van der Waals surface area contributed by atoms with Crippen molar-refractivity contribution in [2.75, 3.05) is 14.1 Å².